The van der Waals surface area contributed by atoms with E-state index >= 15 is 0 Å². The average Bonchev–Trinajstić information content (AvgIpc) is 3.09. The number of hydrogen-bond acceptors (Lipinski definition) is 5. The molecule has 0 unspecified atom stereocenters. The molecule has 0 bridgehead atoms. The Hall–Kier alpha value is -3.04. The van der Waals surface area contributed by atoms with Crippen LogP contribution in [-0.4, -0.2) is 47.5 Å². The first-order chi connectivity index (χ1) is 12.9. The Bertz CT molecular complexity index is 1030. The molecule has 0 radical (unpaired) electrons. The van der Waals surface area contributed by atoms with Crippen LogP contribution in [0.1, 0.15) is 15.9 Å². The van der Waals surface area contributed by atoms with Crippen LogP contribution >= 0.6 is 0 Å². The van der Waals surface area contributed by atoms with E-state index in [0.29, 0.717) is 12.1 Å². The van der Waals surface area contributed by atoms with E-state index in [9.17, 15) is 13.2 Å². The number of nitrogens with one attached hydrogen (secondary N) is 1. The third kappa shape index (κ3) is 4.39. The van der Waals surface area contributed by atoms with Gasteiger partial charge in [-0.25, -0.2) is 22.4 Å². The Balaban J connectivity index is 1.67. The minimum atomic E-state index is -3.53. The van der Waals surface area contributed by atoms with E-state index in [1.165, 1.54) is 44.7 Å². The molecule has 1 amide bonds. The van der Waals surface area contributed by atoms with Gasteiger partial charge in [0.05, 0.1) is 11.4 Å². The van der Waals surface area contributed by atoms with Gasteiger partial charge in [0.25, 0.3) is 5.91 Å². The summed E-state index contributed by atoms with van der Waals surface area (Å²) in [4.78, 5) is 16.5. The molecular weight excluding hydrogens is 366 g/mol. The zero-order valence-corrected chi connectivity index (χ0v) is 15.7. The summed E-state index contributed by atoms with van der Waals surface area (Å²) < 4.78 is 26.9. The summed E-state index contributed by atoms with van der Waals surface area (Å²) in [5.74, 6) is -0.234. The molecule has 1 aromatic heterocycles. The predicted molar refractivity (Wildman–Crippen MR) is 101 cm³/mol. The largest absolute Gasteiger partial charge is 0.289 e. The molecule has 0 atom stereocenters. The molecule has 140 valence electrons. The van der Waals surface area contributed by atoms with E-state index in [1.807, 2.05) is 30.3 Å². The van der Waals surface area contributed by atoms with E-state index in [4.69, 9.17) is 0 Å². The first-order valence-electron chi connectivity index (χ1n) is 8.13. The van der Waals surface area contributed by atoms with Gasteiger partial charge in [-0.05, 0) is 29.8 Å². The molecule has 0 aliphatic heterocycles. The van der Waals surface area contributed by atoms with Crippen molar-refractivity contribution >= 4 is 21.9 Å². The summed E-state index contributed by atoms with van der Waals surface area (Å²) in [6, 6.07) is 15.5. The number of nitrogens with zero attached hydrogens (tertiary/aromatic N) is 4. The van der Waals surface area contributed by atoms with Crippen LogP contribution in [0.25, 0.3) is 0 Å². The summed E-state index contributed by atoms with van der Waals surface area (Å²) in [6.07, 6.45) is 1.54. The van der Waals surface area contributed by atoms with Crippen LogP contribution < -0.4 is 5.32 Å². The van der Waals surface area contributed by atoms with Gasteiger partial charge in [-0.3, -0.25) is 10.1 Å². The zero-order valence-electron chi connectivity index (χ0n) is 14.9. The summed E-state index contributed by atoms with van der Waals surface area (Å²) in [5.41, 5.74) is 1.38. The van der Waals surface area contributed by atoms with Crippen LogP contribution in [0.15, 0.2) is 65.8 Å². The number of anilines is 1. The second-order valence-corrected chi connectivity index (χ2v) is 8.17. The van der Waals surface area contributed by atoms with E-state index in [1.54, 1.807) is 4.68 Å². The summed E-state index contributed by atoms with van der Waals surface area (Å²) in [7, 11) is -0.628. The number of hydrogen-bond donors (Lipinski definition) is 1. The minimum Gasteiger partial charge on any atom is -0.289 e. The first kappa shape index (κ1) is 18.7. The van der Waals surface area contributed by atoms with Crippen molar-refractivity contribution in [3.63, 3.8) is 0 Å². The Morgan fingerprint density at radius 2 is 1.74 bits per heavy atom. The van der Waals surface area contributed by atoms with Crippen molar-refractivity contribution in [2.24, 2.45) is 0 Å². The maximum atomic E-state index is 12.3. The predicted octanol–water partition coefficient (Wildman–Crippen LogP) is 1.83. The highest BCUT2D eigenvalue weighted by Gasteiger charge is 2.18. The minimum absolute atomic E-state index is 0.120. The lowest BCUT2D eigenvalue weighted by Gasteiger charge is -2.11. The fraction of sp³-hybridized carbons (Fsp3) is 0.167. The quantitative estimate of drug-likeness (QED) is 0.698. The maximum absolute atomic E-state index is 12.3. The molecule has 9 heteroatoms. The van der Waals surface area contributed by atoms with Gasteiger partial charge in [-0.15, -0.1) is 5.10 Å². The van der Waals surface area contributed by atoms with Crippen molar-refractivity contribution in [1.82, 2.24) is 19.1 Å². The number of sulfonamides is 1. The van der Waals surface area contributed by atoms with Crippen LogP contribution in [0.3, 0.4) is 0 Å². The van der Waals surface area contributed by atoms with E-state index < -0.39 is 15.9 Å². The van der Waals surface area contributed by atoms with Gasteiger partial charge in [-0.2, -0.15) is 0 Å². The van der Waals surface area contributed by atoms with Crippen molar-refractivity contribution < 1.29 is 13.2 Å². The van der Waals surface area contributed by atoms with Crippen molar-refractivity contribution in [2.75, 3.05) is 19.4 Å². The normalized spacial score (nSPS) is 11.5. The van der Waals surface area contributed by atoms with Crippen molar-refractivity contribution in [3.8, 4) is 0 Å². The second kappa shape index (κ2) is 7.68. The van der Waals surface area contributed by atoms with Crippen LogP contribution in [0.2, 0.25) is 0 Å². The van der Waals surface area contributed by atoms with E-state index in [2.05, 4.69) is 15.4 Å². The molecule has 8 nitrogen and oxygen atoms in total. The summed E-state index contributed by atoms with van der Waals surface area (Å²) in [5, 5.41) is 6.83. The molecule has 0 spiro atoms. The molecule has 1 heterocycles. The molecule has 0 saturated heterocycles. The molecule has 0 saturated carbocycles. The lowest BCUT2D eigenvalue weighted by molar-refractivity contribution is 0.102. The van der Waals surface area contributed by atoms with E-state index in [0.717, 1.165) is 9.87 Å². The molecule has 1 N–H and O–H groups in total. The Morgan fingerprint density at radius 1 is 1.07 bits per heavy atom. The SMILES string of the molecule is CN(C)S(=O)(=O)c1ccc(C(=O)Nc2ncn(Cc3ccccc3)n2)cc1. The highest BCUT2D eigenvalue weighted by atomic mass is 32.2. The standard InChI is InChI=1S/C18H19N5O3S/c1-22(2)27(25,26)16-10-8-15(9-11-16)17(24)20-18-19-13-23(21-18)12-14-6-4-3-5-7-14/h3-11,13H,12H2,1-2H3,(H,20,21,24). The van der Waals surface area contributed by atoms with Crippen molar-refractivity contribution in [1.29, 1.82) is 0 Å². The molecule has 0 fully saturated rings. The summed E-state index contributed by atoms with van der Waals surface area (Å²) in [6.45, 7) is 0.542. The van der Waals surface area contributed by atoms with Gasteiger partial charge in [0.1, 0.15) is 6.33 Å². The number of rotatable bonds is 6. The third-order valence-electron chi connectivity index (χ3n) is 3.84. The van der Waals surface area contributed by atoms with Crippen LogP contribution in [0.4, 0.5) is 5.95 Å². The number of aromatic nitrogens is 3. The fourth-order valence-electron chi connectivity index (χ4n) is 2.36. The Labute approximate surface area is 157 Å². The lowest BCUT2D eigenvalue weighted by atomic mass is 10.2. The lowest BCUT2D eigenvalue weighted by Crippen LogP contribution is -2.22. The molecular formula is C18H19N5O3S. The molecule has 2 aromatic carbocycles. The highest BCUT2D eigenvalue weighted by molar-refractivity contribution is 7.89. The average molecular weight is 385 g/mol. The molecule has 0 aliphatic carbocycles. The molecule has 3 aromatic rings. The third-order valence-corrected chi connectivity index (χ3v) is 5.67. The van der Waals surface area contributed by atoms with Gasteiger partial charge in [0.15, 0.2) is 0 Å². The van der Waals surface area contributed by atoms with Gasteiger partial charge in [0, 0.05) is 19.7 Å². The monoisotopic (exact) mass is 385 g/mol. The Kier molecular flexibility index (Phi) is 5.33. The van der Waals surface area contributed by atoms with Gasteiger partial charge in [0.2, 0.25) is 16.0 Å². The number of carbonyl (C=O) groups excluding carboxylic acids is 1. The number of carbonyl (C=O) groups is 1. The Morgan fingerprint density at radius 3 is 2.37 bits per heavy atom. The van der Waals surface area contributed by atoms with Gasteiger partial charge < -0.3 is 0 Å². The topological polar surface area (TPSA) is 97.2 Å². The van der Waals surface area contributed by atoms with Crippen LogP contribution in [0.5, 0.6) is 0 Å². The van der Waals surface area contributed by atoms with Crippen LogP contribution in [-0.2, 0) is 16.6 Å². The number of amides is 1. The van der Waals surface area contributed by atoms with Crippen molar-refractivity contribution in [3.05, 3.63) is 72.1 Å². The molecule has 3 rings (SSSR count). The van der Waals surface area contributed by atoms with E-state index in [-0.39, 0.29) is 10.8 Å². The van der Waals surface area contributed by atoms with Gasteiger partial charge in [-0.1, -0.05) is 30.3 Å². The zero-order chi connectivity index (χ0) is 19.4. The maximum Gasteiger partial charge on any atom is 0.258 e. The van der Waals surface area contributed by atoms with Crippen LogP contribution in [0, 0.1) is 0 Å². The highest BCUT2D eigenvalue weighted by Crippen LogP contribution is 2.14. The molecule has 27 heavy (non-hydrogen) atoms. The smallest absolute Gasteiger partial charge is 0.258 e. The first-order valence-corrected chi connectivity index (χ1v) is 9.57. The van der Waals surface area contributed by atoms with Crippen molar-refractivity contribution in [2.45, 2.75) is 11.4 Å². The fourth-order valence-corrected chi connectivity index (χ4v) is 3.26. The van der Waals surface area contributed by atoms with Gasteiger partial charge >= 0.3 is 0 Å². The number of benzene rings is 2. The second-order valence-electron chi connectivity index (χ2n) is 6.02. The summed E-state index contributed by atoms with van der Waals surface area (Å²) >= 11 is 0. The molecule has 0 aliphatic rings.